The van der Waals surface area contributed by atoms with Gasteiger partial charge in [0.15, 0.2) is 0 Å². The molecule has 2 aromatic rings. The maximum Gasteiger partial charge on any atom is 0.224 e. The van der Waals surface area contributed by atoms with Gasteiger partial charge in [0.25, 0.3) is 0 Å². The molecule has 1 fully saturated rings. The fraction of sp³-hybridized carbons (Fsp3) is 0.350. The van der Waals surface area contributed by atoms with Crippen LogP contribution in [0.4, 0.5) is 0 Å². The molecular weight excluding hydrogens is 334 g/mol. The quantitative estimate of drug-likeness (QED) is 0.774. The maximum atomic E-state index is 12.6. The van der Waals surface area contributed by atoms with Crippen LogP contribution in [0.3, 0.4) is 0 Å². The fourth-order valence-corrected chi connectivity index (χ4v) is 4.25. The maximum absolute atomic E-state index is 12.6. The Morgan fingerprint density at radius 1 is 1.20 bits per heavy atom. The van der Waals surface area contributed by atoms with Gasteiger partial charge in [0, 0.05) is 24.3 Å². The van der Waals surface area contributed by atoms with Gasteiger partial charge in [-0.15, -0.1) is 11.8 Å². The molecule has 1 amide bonds. The molecule has 1 atom stereocenters. The second-order valence-corrected chi connectivity index (χ2v) is 7.01. The van der Waals surface area contributed by atoms with E-state index in [1.165, 1.54) is 0 Å². The number of hydrogen-bond acceptors (Lipinski definition) is 4. The minimum atomic E-state index is -0.0322. The molecule has 0 radical (unpaired) electrons. The molecule has 0 spiro atoms. The number of nitrogens with zero attached hydrogens (tertiary/aromatic N) is 1. The standard InChI is InChI=1S/C20H23NO3S/c1-3-24-18-10-5-4-9-17(18)20-21(19(22)11-12-25-20)14-15-7-6-8-16(13-15)23-2/h4-10,13,20H,3,11-12,14H2,1-2H3. The van der Waals surface area contributed by atoms with Crippen LogP contribution in [-0.4, -0.2) is 30.3 Å². The second-order valence-electron chi connectivity index (χ2n) is 5.82. The average molecular weight is 357 g/mol. The van der Waals surface area contributed by atoms with E-state index in [-0.39, 0.29) is 11.3 Å². The van der Waals surface area contributed by atoms with E-state index >= 15 is 0 Å². The SMILES string of the molecule is CCOc1ccccc1C1SCCC(=O)N1Cc1cccc(OC)c1. The lowest BCUT2D eigenvalue weighted by Crippen LogP contribution is -2.36. The number of amides is 1. The Morgan fingerprint density at radius 3 is 2.84 bits per heavy atom. The van der Waals surface area contributed by atoms with Crippen LogP contribution in [-0.2, 0) is 11.3 Å². The van der Waals surface area contributed by atoms with Gasteiger partial charge in [-0.25, -0.2) is 0 Å². The number of para-hydroxylation sites is 1. The minimum Gasteiger partial charge on any atom is -0.497 e. The third kappa shape index (κ3) is 4.10. The number of rotatable bonds is 6. The highest BCUT2D eigenvalue weighted by molar-refractivity contribution is 7.99. The molecule has 1 unspecified atom stereocenters. The molecule has 0 N–H and O–H groups in total. The van der Waals surface area contributed by atoms with Gasteiger partial charge in [0.1, 0.15) is 16.9 Å². The molecule has 2 aromatic carbocycles. The summed E-state index contributed by atoms with van der Waals surface area (Å²) in [4.78, 5) is 14.6. The van der Waals surface area contributed by atoms with Gasteiger partial charge in [-0.3, -0.25) is 4.79 Å². The summed E-state index contributed by atoms with van der Waals surface area (Å²) < 4.78 is 11.1. The van der Waals surface area contributed by atoms with Crippen LogP contribution < -0.4 is 9.47 Å². The first-order chi connectivity index (χ1) is 12.2. The lowest BCUT2D eigenvalue weighted by atomic mass is 10.1. The van der Waals surface area contributed by atoms with Crippen molar-refractivity contribution in [3.8, 4) is 11.5 Å². The smallest absolute Gasteiger partial charge is 0.224 e. The van der Waals surface area contributed by atoms with Crippen LogP contribution >= 0.6 is 11.8 Å². The summed E-state index contributed by atoms with van der Waals surface area (Å²) in [5, 5.41) is -0.0322. The molecule has 5 heteroatoms. The number of hydrogen-bond donors (Lipinski definition) is 0. The highest BCUT2D eigenvalue weighted by atomic mass is 32.2. The number of thioether (sulfide) groups is 1. The Balaban J connectivity index is 1.90. The van der Waals surface area contributed by atoms with Gasteiger partial charge in [-0.1, -0.05) is 30.3 Å². The number of carbonyl (C=O) groups is 1. The van der Waals surface area contributed by atoms with Crippen molar-refractivity contribution >= 4 is 17.7 Å². The van der Waals surface area contributed by atoms with Crippen molar-refractivity contribution in [1.29, 1.82) is 0 Å². The highest BCUT2D eigenvalue weighted by Crippen LogP contribution is 2.42. The first kappa shape index (κ1) is 17.7. The Kier molecular flexibility index (Phi) is 5.87. The second kappa shape index (κ2) is 8.30. The predicted molar refractivity (Wildman–Crippen MR) is 101 cm³/mol. The van der Waals surface area contributed by atoms with Crippen LogP contribution in [0.25, 0.3) is 0 Å². The molecule has 0 aliphatic carbocycles. The highest BCUT2D eigenvalue weighted by Gasteiger charge is 2.31. The van der Waals surface area contributed by atoms with Crippen molar-refractivity contribution in [1.82, 2.24) is 4.90 Å². The Bertz CT molecular complexity index is 734. The van der Waals surface area contributed by atoms with Crippen molar-refractivity contribution in [2.45, 2.75) is 25.3 Å². The first-order valence-corrected chi connectivity index (χ1v) is 9.53. The van der Waals surface area contributed by atoms with Gasteiger partial charge in [-0.2, -0.15) is 0 Å². The molecule has 0 saturated carbocycles. The van der Waals surface area contributed by atoms with Crippen LogP contribution in [0.1, 0.15) is 29.8 Å². The van der Waals surface area contributed by atoms with Gasteiger partial charge >= 0.3 is 0 Å². The lowest BCUT2D eigenvalue weighted by Gasteiger charge is -2.36. The molecule has 4 nitrogen and oxygen atoms in total. The summed E-state index contributed by atoms with van der Waals surface area (Å²) in [5.74, 6) is 2.67. The molecule has 0 aromatic heterocycles. The molecule has 1 aliphatic rings. The number of methoxy groups -OCH3 is 1. The molecule has 25 heavy (non-hydrogen) atoms. The summed E-state index contributed by atoms with van der Waals surface area (Å²) in [7, 11) is 1.65. The zero-order chi connectivity index (χ0) is 17.6. The van der Waals surface area contributed by atoms with E-state index < -0.39 is 0 Å². The third-order valence-corrected chi connectivity index (χ3v) is 5.43. The van der Waals surface area contributed by atoms with E-state index in [9.17, 15) is 4.79 Å². The van der Waals surface area contributed by atoms with Crippen LogP contribution in [0.5, 0.6) is 11.5 Å². The predicted octanol–water partition coefficient (Wildman–Crippen LogP) is 4.26. The number of carbonyl (C=O) groups excluding carboxylic acids is 1. The normalized spacial score (nSPS) is 17.4. The minimum absolute atomic E-state index is 0.0322. The van der Waals surface area contributed by atoms with E-state index in [0.717, 1.165) is 28.4 Å². The molecule has 1 heterocycles. The van der Waals surface area contributed by atoms with Crippen LogP contribution in [0.2, 0.25) is 0 Å². The zero-order valence-electron chi connectivity index (χ0n) is 14.6. The van der Waals surface area contributed by atoms with Gasteiger partial charge < -0.3 is 14.4 Å². The summed E-state index contributed by atoms with van der Waals surface area (Å²) in [6.45, 7) is 3.15. The Morgan fingerprint density at radius 2 is 2.04 bits per heavy atom. The zero-order valence-corrected chi connectivity index (χ0v) is 15.4. The van der Waals surface area contributed by atoms with Crippen molar-refractivity contribution in [2.24, 2.45) is 0 Å². The average Bonchev–Trinajstić information content (AvgIpc) is 2.64. The lowest BCUT2D eigenvalue weighted by molar-refractivity contribution is -0.132. The fourth-order valence-electron chi connectivity index (χ4n) is 2.99. The topological polar surface area (TPSA) is 38.8 Å². The van der Waals surface area contributed by atoms with E-state index in [4.69, 9.17) is 9.47 Å². The van der Waals surface area contributed by atoms with Gasteiger partial charge in [0.05, 0.1) is 13.7 Å². The van der Waals surface area contributed by atoms with Crippen molar-refractivity contribution in [2.75, 3.05) is 19.5 Å². The molecule has 132 valence electrons. The van der Waals surface area contributed by atoms with E-state index in [1.54, 1.807) is 18.9 Å². The van der Waals surface area contributed by atoms with Gasteiger partial charge in [0.2, 0.25) is 5.91 Å². The van der Waals surface area contributed by atoms with Crippen LogP contribution in [0.15, 0.2) is 48.5 Å². The first-order valence-electron chi connectivity index (χ1n) is 8.48. The molecule has 3 rings (SSSR count). The summed E-state index contributed by atoms with van der Waals surface area (Å²) >= 11 is 1.79. The van der Waals surface area contributed by atoms with Crippen LogP contribution in [0, 0.1) is 0 Å². The summed E-state index contributed by atoms with van der Waals surface area (Å²) in [5.41, 5.74) is 2.12. The molecular formula is C20H23NO3S. The number of ether oxygens (including phenoxy) is 2. The molecule has 1 saturated heterocycles. The van der Waals surface area contributed by atoms with Gasteiger partial charge in [-0.05, 0) is 30.7 Å². The summed E-state index contributed by atoms with van der Waals surface area (Å²) in [6.07, 6.45) is 0.571. The van der Waals surface area contributed by atoms with Crippen molar-refractivity contribution in [3.05, 3.63) is 59.7 Å². The number of benzene rings is 2. The molecule has 0 bridgehead atoms. The molecule has 1 aliphatic heterocycles. The third-order valence-electron chi connectivity index (χ3n) is 4.17. The van der Waals surface area contributed by atoms with Crippen molar-refractivity contribution < 1.29 is 14.3 Å². The van der Waals surface area contributed by atoms with Crippen molar-refractivity contribution in [3.63, 3.8) is 0 Å². The van der Waals surface area contributed by atoms with E-state index in [0.29, 0.717) is 19.6 Å². The summed E-state index contributed by atoms with van der Waals surface area (Å²) in [6, 6.07) is 15.9. The Labute approximate surface area is 153 Å². The largest absolute Gasteiger partial charge is 0.497 e. The van der Waals surface area contributed by atoms with E-state index in [1.807, 2.05) is 54.3 Å². The monoisotopic (exact) mass is 357 g/mol. The van der Waals surface area contributed by atoms with E-state index in [2.05, 4.69) is 6.07 Å². The Hall–Kier alpha value is -2.14.